The van der Waals surface area contributed by atoms with Crippen LogP contribution >= 0.6 is 11.8 Å². The number of thioether (sulfide) groups is 1. The molecule has 0 radical (unpaired) electrons. The lowest BCUT2D eigenvalue weighted by molar-refractivity contribution is -0.384. The van der Waals surface area contributed by atoms with Crippen molar-refractivity contribution in [2.75, 3.05) is 0 Å². The first-order valence-corrected chi connectivity index (χ1v) is 7.51. The molecule has 0 aliphatic carbocycles. The Morgan fingerprint density at radius 3 is 2.77 bits per heavy atom. The summed E-state index contributed by atoms with van der Waals surface area (Å²) < 4.78 is 0. The van der Waals surface area contributed by atoms with Crippen LogP contribution in [0.3, 0.4) is 0 Å². The topological polar surface area (TPSA) is 87.8 Å². The molecule has 1 atom stereocenters. The summed E-state index contributed by atoms with van der Waals surface area (Å²) in [5, 5.41) is 25.6. The van der Waals surface area contributed by atoms with Crippen molar-refractivity contribution in [3.63, 3.8) is 0 Å². The number of nitro benzene ring substituents is 1. The van der Waals surface area contributed by atoms with Crippen LogP contribution in [-0.2, 0) is 6.42 Å². The van der Waals surface area contributed by atoms with Gasteiger partial charge in [-0.1, -0.05) is 42.1 Å². The number of nitro groups is 1. The zero-order valence-electron chi connectivity index (χ0n) is 11.5. The standard InChI is InChI=1S/C15H13N3O3S/c19-13-7-6-11(18(20)21)9-12(13)15-17-16-14(22-15)8-10-4-2-1-3-5-10/h1-7,9,15,17,19H,8H2/t15-/m0/s1. The van der Waals surface area contributed by atoms with E-state index < -0.39 is 4.92 Å². The van der Waals surface area contributed by atoms with Gasteiger partial charge in [-0.25, -0.2) is 0 Å². The normalized spacial score (nSPS) is 16.9. The number of phenols is 1. The Kier molecular flexibility index (Phi) is 3.97. The number of non-ortho nitro benzene ring substituents is 1. The third-order valence-corrected chi connectivity index (χ3v) is 4.37. The number of nitrogens with one attached hydrogen (secondary N) is 1. The average molecular weight is 315 g/mol. The van der Waals surface area contributed by atoms with Crippen molar-refractivity contribution in [1.29, 1.82) is 0 Å². The van der Waals surface area contributed by atoms with Gasteiger partial charge in [0.2, 0.25) is 0 Å². The highest BCUT2D eigenvalue weighted by Crippen LogP contribution is 2.38. The highest BCUT2D eigenvalue weighted by atomic mass is 32.2. The Balaban J connectivity index is 1.74. The van der Waals surface area contributed by atoms with E-state index in [9.17, 15) is 15.2 Å². The zero-order chi connectivity index (χ0) is 15.5. The molecule has 0 aromatic heterocycles. The van der Waals surface area contributed by atoms with Crippen LogP contribution in [0, 0.1) is 10.1 Å². The lowest BCUT2D eigenvalue weighted by atomic mass is 10.2. The van der Waals surface area contributed by atoms with Crippen molar-refractivity contribution < 1.29 is 10.0 Å². The number of benzene rings is 2. The molecular weight excluding hydrogens is 302 g/mol. The van der Waals surface area contributed by atoms with E-state index in [-0.39, 0.29) is 16.8 Å². The number of nitrogens with zero attached hydrogens (tertiary/aromatic N) is 2. The monoisotopic (exact) mass is 315 g/mol. The van der Waals surface area contributed by atoms with Crippen molar-refractivity contribution in [2.24, 2.45) is 5.10 Å². The molecular formula is C15H13N3O3S. The minimum atomic E-state index is -0.478. The Labute approximate surface area is 131 Å². The van der Waals surface area contributed by atoms with Gasteiger partial charge in [-0.2, -0.15) is 5.10 Å². The van der Waals surface area contributed by atoms with Gasteiger partial charge in [-0.05, 0) is 11.6 Å². The van der Waals surface area contributed by atoms with Gasteiger partial charge in [0.05, 0.1) is 9.97 Å². The molecule has 0 amide bonds. The van der Waals surface area contributed by atoms with Gasteiger partial charge >= 0.3 is 0 Å². The number of hydrogen-bond donors (Lipinski definition) is 2. The maximum atomic E-state index is 10.9. The number of rotatable bonds is 4. The van der Waals surface area contributed by atoms with Crippen molar-refractivity contribution in [3.8, 4) is 5.75 Å². The quantitative estimate of drug-likeness (QED) is 0.668. The van der Waals surface area contributed by atoms with E-state index >= 15 is 0 Å². The smallest absolute Gasteiger partial charge is 0.270 e. The Hall–Kier alpha value is -2.54. The Morgan fingerprint density at radius 2 is 2.05 bits per heavy atom. The Morgan fingerprint density at radius 1 is 1.27 bits per heavy atom. The number of phenolic OH excluding ortho intramolecular Hbond substituents is 1. The maximum Gasteiger partial charge on any atom is 0.270 e. The van der Waals surface area contributed by atoms with Gasteiger partial charge in [0, 0.05) is 24.1 Å². The van der Waals surface area contributed by atoms with E-state index in [1.54, 1.807) is 0 Å². The summed E-state index contributed by atoms with van der Waals surface area (Å²) in [5.74, 6) is 0.0201. The van der Waals surface area contributed by atoms with Crippen LogP contribution < -0.4 is 5.43 Å². The minimum absolute atomic E-state index is 0.0201. The molecule has 0 unspecified atom stereocenters. The molecule has 2 aromatic carbocycles. The van der Waals surface area contributed by atoms with Gasteiger partial charge in [0.25, 0.3) is 5.69 Å². The lowest BCUT2D eigenvalue weighted by Crippen LogP contribution is -2.07. The minimum Gasteiger partial charge on any atom is -0.508 e. The largest absolute Gasteiger partial charge is 0.508 e. The van der Waals surface area contributed by atoms with E-state index in [4.69, 9.17) is 0 Å². The summed E-state index contributed by atoms with van der Waals surface area (Å²) in [6.07, 6.45) is 0.685. The predicted octanol–water partition coefficient (Wildman–Crippen LogP) is 3.19. The number of hydrazone groups is 1. The summed E-state index contributed by atoms with van der Waals surface area (Å²) >= 11 is 1.45. The summed E-state index contributed by atoms with van der Waals surface area (Å²) in [4.78, 5) is 10.4. The first kappa shape index (κ1) is 14.4. The SMILES string of the molecule is O=[N+]([O-])c1ccc(O)c([C@H]2NN=C(Cc3ccccc3)S2)c1. The van der Waals surface area contributed by atoms with E-state index in [1.807, 2.05) is 30.3 Å². The van der Waals surface area contributed by atoms with E-state index in [2.05, 4.69) is 10.5 Å². The van der Waals surface area contributed by atoms with Gasteiger partial charge in [0.1, 0.15) is 11.1 Å². The summed E-state index contributed by atoms with van der Waals surface area (Å²) in [7, 11) is 0. The molecule has 0 fully saturated rings. The first-order valence-electron chi connectivity index (χ1n) is 6.63. The summed E-state index contributed by atoms with van der Waals surface area (Å²) in [6, 6.07) is 13.9. The molecule has 0 saturated carbocycles. The molecule has 1 heterocycles. The van der Waals surface area contributed by atoms with Gasteiger partial charge in [-0.3, -0.25) is 15.5 Å². The molecule has 0 saturated heterocycles. The molecule has 1 aliphatic heterocycles. The molecule has 2 aromatic rings. The molecule has 2 N–H and O–H groups in total. The molecule has 0 bridgehead atoms. The highest BCUT2D eigenvalue weighted by molar-refractivity contribution is 8.14. The second kappa shape index (κ2) is 6.07. The first-order chi connectivity index (χ1) is 10.6. The third kappa shape index (κ3) is 3.04. The molecule has 6 nitrogen and oxygen atoms in total. The van der Waals surface area contributed by atoms with Crippen LogP contribution in [0.25, 0.3) is 0 Å². The lowest BCUT2D eigenvalue weighted by Gasteiger charge is -2.11. The average Bonchev–Trinajstić information content (AvgIpc) is 2.97. The van der Waals surface area contributed by atoms with E-state index in [1.165, 1.54) is 30.0 Å². The van der Waals surface area contributed by atoms with Crippen LogP contribution in [0.4, 0.5) is 5.69 Å². The fourth-order valence-electron chi connectivity index (χ4n) is 2.17. The number of hydrogen-bond acceptors (Lipinski definition) is 6. The highest BCUT2D eigenvalue weighted by Gasteiger charge is 2.25. The molecule has 7 heteroatoms. The summed E-state index contributed by atoms with van der Waals surface area (Å²) in [6.45, 7) is 0. The summed E-state index contributed by atoms with van der Waals surface area (Å²) in [5.41, 5.74) is 4.47. The van der Waals surface area contributed by atoms with Crippen LogP contribution in [0.2, 0.25) is 0 Å². The fourth-order valence-corrected chi connectivity index (χ4v) is 3.22. The van der Waals surface area contributed by atoms with E-state index in [0.29, 0.717) is 12.0 Å². The van der Waals surface area contributed by atoms with Crippen LogP contribution in [0.1, 0.15) is 16.5 Å². The predicted molar refractivity (Wildman–Crippen MR) is 85.8 cm³/mol. The maximum absolute atomic E-state index is 10.9. The van der Waals surface area contributed by atoms with Gasteiger partial charge < -0.3 is 5.11 Å². The van der Waals surface area contributed by atoms with Crippen LogP contribution in [0.15, 0.2) is 53.6 Å². The molecule has 1 aliphatic rings. The molecule has 0 spiro atoms. The Bertz CT molecular complexity index is 734. The molecule has 22 heavy (non-hydrogen) atoms. The van der Waals surface area contributed by atoms with Crippen LogP contribution in [-0.4, -0.2) is 15.1 Å². The van der Waals surface area contributed by atoms with Crippen molar-refractivity contribution in [2.45, 2.75) is 11.8 Å². The second-order valence-electron chi connectivity index (χ2n) is 4.80. The number of aromatic hydroxyl groups is 1. The van der Waals surface area contributed by atoms with Gasteiger partial charge in [-0.15, -0.1) is 0 Å². The van der Waals surface area contributed by atoms with Gasteiger partial charge in [0.15, 0.2) is 0 Å². The second-order valence-corrected chi connectivity index (χ2v) is 5.97. The molecule has 3 rings (SSSR count). The zero-order valence-corrected chi connectivity index (χ0v) is 12.3. The van der Waals surface area contributed by atoms with Crippen molar-refractivity contribution in [1.82, 2.24) is 5.43 Å². The van der Waals surface area contributed by atoms with E-state index in [0.717, 1.165) is 10.6 Å². The molecule has 112 valence electrons. The van der Waals surface area contributed by atoms with Crippen molar-refractivity contribution >= 4 is 22.5 Å². The van der Waals surface area contributed by atoms with Crippen LogP contribution in [0.5, 0.6) is 5.75 Å². The van der Waals surface area contributed by atoms with Crippen molar-refractivity contribution in [3.05, 3.63) is 69.8 Å². The fraction of sp³-hybridized carbons (Fsp3) is 0.133. The third-order valence-electron chi connectivity index (χ3n) is 3.26.